The van der Waals surface area contributed by atoms with E-state index in [1.165, 1.54) is 12.8 Å². The van der Waals surface area contributed by atoms with Crippen molar-refractivity contribution in [3.63, 3.8) is 0 Å². The lowest BCUT2D eigenvalue weighted by Crippen LogP contribution is -2.48. The molecule has 7 heteroatoms. The van der Waals surface area contributed by atoms with Crippen LogP contribution in [0.4, 0.5) is 5.82 Å². The van der Waals surface area contributed by atoms with Gasteiger partial charge in [0.2, 0.25) is 0 Å². The molecule has 1 aromatic carbocycles. The van der Waals surface area contributed by atoms with Crippen molar-refractivity contribution >= 4 is 17.5 Å². The average molecular weight is 419 g/mol. The van der Waals surface area contributed by atoms with Crippen molar-refractivity contribution < 1.29 is 4.79 Å². The first-order chi connectivity index (χ1) is 15.2. The predicted octanol–water partition coefficient (Wildman–Crippen LogP) is 3.73. The number of aromatic nitrogens is 4. The number of likely N-dealkylation sites (tertiary alicyclic amines) is 1. The van der Waals surface area contributed by atoms with Crippen molar-refractivity contribution in [2.75, 3.05) is 24.5 Å². The molecule has 2 aromatic heterocycles. The molecule has 0 radical (unpaired) electrons. The zero-order chi connectivity index (χ0) is 21.2. The number of benzene rings is 1. The second kappa shape index (κ2) is 8.65. The molecule has 0 aliphatic carbocycles. The molecular weight excluding hydrogens is 388 g/mol. The smallest absolute Gasteiger partial charge is 0.254 e. The van der Waals surface area contributed by atoms with E-state index >= 15 is 0 Å². The third-order valence-electron chi connectivity index (χ3n) is 6.85. The summed E-state index contributed by atoms with van der Waals surface area (Å²) in [6.07, 6.45) is 8.39. The van der Waals surface area contributed by atoms with Crippen molar-refractivity contribution in [2.24, 2.45) is 5.92 Å². The van der Waals surface area contributed by atoms with Crippen LogP contribution in [0.5, 0.6) is 0 Å². The lowest BCUT2D eigenvalue weighted by molar-refractivity contribution is 0.0588. The minimum absolute atomic E-state index is 0.198. The molecule has 0 unspecified atom stereocenters. The molecule has 1 atom stereocenters. The standard InChI is InChI=1S/C24H30N6O/c1-18-16-22(30-24(27-18)25-17-26-30)28-14-11-19(12-15-28)21-10-6-3-7-13-29(21)23(31)20-8-4-2-5-9-20/h2,4-5,8-9,16-17,19,21H,3,6-7,10-15H2,1H3/t21-/m0/s1. The van der Waals surface area contributed by atoms with Crippen LogP contribution >= 0.6 is 0 Å². The Morgan fingerprint density at radius 3 is 2.61 bits per heavy atom. The number of fused-ring (bicyclic) bond motifs is 1. The highest BCUT2D eigenvalue weighted by Gasteiger charge is 2.34. The fourth-order valence-corrected chi connectivity index (χ4v) is 5.27. The second-order valence-corrected chi connectivity index (χ2v) is 8.83. The van der Waals surface area contributed by atoms with Gasteiger partial charge in [-0.3, -0.25) is 4.79 Å². The van der Waals surface area contributed by atoms with E-state index in [4.69, 9.17) is 0 Å². The summed E-state index contributed by atoms with van der Waals surface area (Å²) < 4.78 is 1.84. The molecule has 0 spiro atoms. The number of piperidine rings is 1. The number of hydrogen-bond acceptors (Lipinski definition) is 5. The van der Waals surface area contributed by atoms with Gasteiger partial charge in [-0.1, -0.05) is 31.0 Å². The third kappa shape index (κ3) is 4.01. The molecule has 7 nitrogen and oxygen atoms in total. The summed E-state index contributed by atoms with van der Waals surface area (Å²) in [4.78, 5) is 26.6. The number of amides is 1. The van der Waals surface area contributed by atoms with Crippen molar-refractivity contribution in [3.05, 3.63) is 54.0 Å². The Kier molecular flexibility index (Phi) is 5.57. The number of nitrogens with zero attached hydrogens (tertiary/aromatic N) is 6. The Balaban J connectivity index is 1.33. The first kappa shape index (κ1) is 20.0. The molecule has 4 heterocycles. The molecule has 0 N–H and O–H groups in total. The van der Waals surface area contributed by atoms with Crippen LogP contribution in [0.1, 0.15) is 54.6 Å². The van der Waals surface area contributed by atoms with Crippen LogP contribution < -0.4 is 4.90 Å². The van der Waals surface area contributed by atoms with Crippen molar-refractivity contribution in [3.8, 4) is 0 Å². The first-order valence-corrected chi connectivity index (χ1v) is 11.5. The van der Waals surface area contributed by atoms with Gasteiger partial charge in [0.25, 0.3) is 11.7 Å². The van der Waals surface area contributed by atoms with Crippen LogP contribution in [0.3, 0.4) is 0 Å². The van der Waals surface area contributed by atoms with Crippen LogP contribution in [0.15, 0.2) is 42.7 Å². The maximum absolute atomic E-state index is 13.3. The Bertz CT molecular complexity index is 1040. The first-order valence-electron chi connectivity index (χ1n) is 11.5. The van der Waals surface area contributed by atoms with Gasteiger partial charge >= 0.3 is 0 Å². The summed E-state index contributed by atoms with van der Waals surface area (Å²) >= 11 is 0. The number of rotatable bonds is 3. The van der Waals surface area contributed by atoms with E-state index < -0.39 is 0 Å². The molecule has 0 bridgehead atoms. The van der Waals surface area contributed by atoms with Gasteiger partial charge in [0.15, 0.2) is 0 Å². The Morgan fingerprint density at radius 2 is 1.81 bits per heavy atom. The summed E-state index contributed by atoms with van der Waals surface area (Å²) in [7, 11) is 0. The van der Waals surface area contributed by atoms with E-state index in [1.54, 1.807) is 6.33 Å². The minimum atomic E-state index is 0.198. The molecule has 2 saturated heterocycles. The number of aryl methyl sites for hydroxylation is 1. The molecule has 1 amide bonds. The lowest BCUT2D eigenvalue weighted by atomic mass is 9.86. The zero-order valence-corrected chi connectivity index (χ0v) is 18.2. The summed E-state index contributed by atoms with van der Waals surface area (Å²) in [5, 5.41) is 4.37. The van der Waals surface area contributed by atoms with E-state index in [1.807, 2.05) is 41.8 Å². The monoisotopic (exact) mass is 418 g/mol. The lowest BCUT2D eigenvalue weighted by Gasteiger charge is -2.41. The molecule has 162 valence electrons. The number of carbonyl (C=O) groups excluding carboxylic acids is 1. The van der Waals surface area contributed by atoms with Gasteiger partial charge in [-0.25, -0.2) is 4.98 Å². The molecular formula is C24H30N6O. The summed E-state index contributed by atoms with van der Waals surface area (Å²) in [6, 6.07) is 12.2. The maximum atomic E-state index is 13.3. The zero-order valence-electron chi connectivity index (χ0n) is 18.2. The van der Waals surface area contributed by atoms with Crippen LogP contribution in [-0.2, 0) is 0 Å². The fraction of sp³-hybridized carbons (Fsp3) is 0.500. The van der Waals surface area contributed by atoms with Crippen LogP contribution in [-0.4, -0.2) is 56.1 Å². The van der Waals surface area contributed by atoms with Crippen molar-refractivity contribution in [1.29, 1.82) is 0 Å². The third-order valence-corrected chi connectivity index (χ3v) is 6.85. The molecule has 31 heavy (non-hydrogen) atoms. The molecule has 0 saturated carbocycles. The summed E-state index contributed by atoms with van der Waals surface area (Å²) in [5.41, 5.74) is 1.77. The molecule has 3 aromatic rings. The van der Waals surface area contributed by atoms with E-state index in [2.05, 4.69) is 30.9 Å². The van der Waals surface area contributed by atoms with Gasteiger partial charge in [-0.15, -0.1) is 0 Å². The van der Waals surface area contributed by atoms with E-state index in [9.17, 15) is 4.79 Å². The fourth-order valence-electron chi connectivity index (χ4n) is 5.27. The minimum Gasteiger partial charge on any atom is -0.356 e. The van der Waals surface area contributed by atoms with Gasteiger partial charge in [0.1, 0.15) is 12.1 Å². The quantitative estimate of drug-likeness (QED) is 0.648. The predicted molar refractivity (Wildman–Crippen MR) is 120 cm³/mol. The second-order valence-electron chi connectivity index (χ2n) is 8.83. The van der Waals surface area contributed by atoms with Gasteiger partial charge in [-0.05, 0) is 50.7 Å². The van der Waals surface area contributed by atoms with Crippen LogP contribution in [0, 0.1) is 12.8 Å². The van der Waals surface area contributed by atoms with E-state index in [0.29, 0.717) is 17.7 Å². The van der Waals surface area contributed by atoms with Crippen molar-refractivity contribution in [2.45, 2.75) is 51.5 Å². The Morgan fingerprint density at radius 1 is 1.00 bits per heavy atom. The molecule has 2 aliphatic heterocycles. The van der Waals surface area contributed by atoms with Gasteiger partial charge in [0, 0.05) is 43.0 Å². The number of anilines is 1. The normalized spacial score (nSPS) is 20.7. The van der Waals surface area contributed by atoms with Gasteiger partial charge < -0.3 is 9.80 Å². The highest BCUT2D eigenvalue weighted by molar-refractivity contribution is 5.94. The Hall–Kier alpha value is -2.96. The van der Waals surface area contributed by atoms with Gasteiger partial charge in [0.05, 0.1) is 0 Å². The van der Waals surface area contributed by atoms with Crippen molar-refractivity contribution in [1.82, 2.24) is 24.5 Å². The summed E-state index contributed by atoms with van der Waals surface area (Å²) in [5.74, 6) is 2.46. The highest BCUT2D eigenvalue weighted by atomic mass is 16.2. The van der Waals surface area contributed by atoms with Crippen LogP contribution in [0.2, 0.25) is 0 Å². The van der Waals surface area contributed by atoms with Crippen LogP contribution in [0.25, 0.3) is 5.78 Å². The highest BCUT2D eigenvalue weighted by Crippen LogP contribution is 2.32. The topological polar surface area (TPSA) is 66.6 Å². The number of hydrogen-bond donors (Lipinski definition) is 0. The molecule has 2 fully saturated rings. The molecule has 2 aliphatic rings. The molecule has 5 rings (SSSR count). The maximum Gasteiger partial charge on any atom is 0.254 e. The number of carbonyl (C=O) groups is 1. The largest absolute Gasteiger partial charge is 0.356 e. The SMILES string of the molecule is Cc1cc(N2CCC([C@@H]3CCCCCN3C(=O)c3ccccc3)CC2)n2ncnc2n1. The summed E-state index contributed by atoms with van der Waals surface area (Å²) in [6.45, 7) is 4.81. The average Bonchev–Trinajstić information content (AvgIpc) is 3.14. The van der Waals surface area contributed by atoms with E-state index in [-0.39, 0.29) is 5.91 Å². The Labute approximate surface area is 183 Å². The van der Waals surface area contributed by atoms with Gasteiger partial charge in [-0.2, -0.15) is 14.6 Å². The van der Waals surface area contributed by atoms with E-state index in [0.717, 1.165) is 62.4 Å².